The predicted molar refractivity (Wildman–Crippen MR) is 80.6 cm³/mol. The van der Waals surface area contributed by atoms with Crippen LogP contribution in [0, 0.1) is 17.3 Å². The highest BCUT2D eigenvalue weighted by Crippen LogP contribution is 2.65. The summed E-state index contributed by atoms with van der Waals surface area (Å²) in [5.41, 5.74) is 1.06. The summed E-state index contributed by atoms with van der Waals surface area (Å²) in [5, 5.41) is 9.78. The highest BCUT2D eigenvalue weighted by atomic mass is 79.9. The molecule has 4 aliphatic rings. The van der Waals surface area contributed by atoms with Gasteiger partial charge in [0, 0.05) is 4.47 Å². The first-order valence-corrected chi connectivity index (χ1v) is 8.30. The van der Waals surface area contributed by atoms with Crippen LogP contribution in [0.25, 0.3) is 0 Å². The van der Waals surface area contributed by atoms with Crippen molar-refractivity contribution >= 4 is 21.9 Å². The highest BCUT2D eigenvalue weighted by molar-refractivity contribution is 9.10. The lowest BCUT2D eigenvalue weighted by Gasteiger charge is -2.60. The van der Waals surface area contributed by atoms with Crippen molar-refractivity contribution in [1.82, 2.24) is 0 Å². The van der Waals surface area contributed by atoms with Crippen LogP contribution in [0.4, 0.5) is 0 Å². The van der Waals surface area contributed by atoms with Crippen molar-refractivity contribution < 1.29 is 9.90 Å². The molecule has 2 atom stereocenters. The molecular formula is C17H19BrO2. The Hall–Kier alpha value is -0.830. The fourth-order valence-corrected chi connectivity index (χ4v) is 5.92. The topological polar surface area (TPSA) is 37.3 Å². The summed E-state index contributed by atoms with van der Waals surface area (Å²) < 4.78 is 1.10. The van der Waals surface area contributed by atoms with E-state index < -0.39 is 11.4 Å². The normalized spacial score (nSPS) is 41.9. The van der Waals surface area contributed by atoms with Gasteiger partial charge in [0.1, 0.15) is 0 Å². The monoisotopic (exact) mass is 334 g/mol. The molecule has 4 fully saturated rings. The Bertz CT molecular complexity index is 549. The molecular weight excluding hydrogens is 316 g/mol. The molecule has 2 unspecified atom stereocenters. The van der Waals surface area contributed by atoms with Gasteiger partial charge in [-0.3, -0.25) is 4.79 Å². The van der Waals surface area contributed by atoms with E-state index in [0.717, 1.165) is 23.7 Å². The summed E-state index contributed by atoms with van der Waals surface area (Å²) in [7, 11) is 0. The molecule has 0 spiro atoms. The van der Waals surface area contributed by atoms with Crippen LogP contribution in [0.1, 0.15) is 44.1 Å². The van der Waals surface area contributed by atoms with Crippen molar-refractivity contribution in [3.05, 3.63) is 34.3 Å². The fraction of sp³-hybridized carbons (Fsp3) is 0.588. The van der Waals surface area contributed by atoms with Crippen molar-refractivity contribution in [3.63, 3.8) is 0 Å². The average Bonchev–Trinajstić information content (AvgIpc) is 2.37. The molecule has 3 heteroatoms. The summed E-state index contributed by atoms with van der Waals surface area (Å²) in [6.07, 6.45) is 6.33. The van der Waals surface area contributed by atoms with Crippen molar-refractivity contribution in [2.75, 3.05) is 0 Å². The van der Waals surface area contributed by atoms with Crippen molar-refractivity contribution in [1.29, 1.82) is 0 Å². The molecule has 1 aromatic carbocycles. The van der Waals surface area contributed by atoms with Crippen molar-refractivity contribution in [2.24, 2.45) is 17.3 Å². The van der Waals surface area contributed by atoms with E-state index in [1.165, 1.54) is 24.8 Å². The molecule has 4 aliphatic carbocycles. The first-order chi connectivity index (χ1) is 9.51. The number of rotatable bonds is 2. The number of hydrogen-bond donors (Lipinski definition) is 1. The van der Waals surface area contributed by atoms with E-state index in [1.807, 2.05) is 0 Å². The minimum Gasteiger partial charge on any atom is -0.481 e. The minimum atomic E-state index is -0.548. The zero-order valence-corrected chi connectivity index (χ0v) is 13.0. The smallest absolute Gasteiger partial charge is 0.309 e. The van der Waals surface area contributed by atoms with Gasteiger partial charge in [-0.1, -0.05) is 28.1 Å². The summed E-state index contributed by atoms with van der Waals surface area (Å²) in [6, 6.07) is 8.60. The van der Waals surface area contributed by atoms with Crippen LogP contribution in [0.3, 0.4) is 0 Å². The molecule has 0 saturated heterocycles. The maximum Gasteiger partial charge on any atom is 0.309 e. The molecule has 0 radical (unpaired) electrons. The fourth-order valence-electron chi connectivity index (χ4n) is 5.65. The molecule has 2 nitrogen and oxygen atoms in total. The number of halogens is 1. The Labute approximate surface area is 127 Å². The van der Waals surface area contributed by atoms with Crippen molar-refractivity contribution in [3.8, 4) is 0 Å². The Morgan fingerprint density at radius 2 is 1.70 bits per heavy atom. The van der Waals surface area contributed by atoms with Crippen LogP contribution >= 0.6 is 15.9 Å². The van der Waals surface area contributed by atoms with Gasteiger partial charge in [-0.15, -0.1) is 0 Å². The van der Waals surface area contributed by atoms with Gasteiger partial charge in [-0.25, -0.2) is 0 Å². The van der Waals surface area contributed by atoms with E-state index >= 15 is 0 Å². The lowest BCUT2D eigenvalue weighted by Crippen LogP contribution is -2.56. The lowest BCUT2D eigenvalue weighted by molar-refractivity contribution is -0.167. The number of carboxylic acids is 1. The number of aliphatic carboxylic acids is 1. The third-order valence-corrected chi connectivity index (χ3v) is 6.50. The van der Waals surface area contributed by atoms with Gasteiger partial charge in [-0.2, -0.15) is 0 Å². The number of carbonyl (C=O) groups is 1. The second-order valence-corrected chi connectivity index (χ2v) is 8.25. The first-order valence-electron chi connectivity index (χ1n) is 7.51. The summed E-state index contributed by atoms with van der Waals surface area (Å²) in [6.45, 7) is 0. The van der Waals surface area contributed by atoms with E-state index in [1.54, 1.807) is 0 Å². The molecule has 4 bridgehead atoms. The second-order valence-electron chi connectivity index (χ2n) is 7.33. The maximum absolute atomic E-state index is 11.9. The summed E-state index contributed by atoms with van der Waals surface area (Å²) in [4.78, 5) is 11.9. The van der Waals surface area contributed by atoms with Gasteiger partial charge in [-0.05, 0) is 73.5 Å². The van der Waals surface area contributed by atoms with Crippen LogP contribution in [0.15, 0.2) is 28.7 Å². The SMILES string of the molecule is O=C(O)C12CC3CC(C1)CC(c1ccc(Br)cc1)(C3)C2. The lowest BCUT2D eigenvalue weighted by atomic mass is 9.43. The highest BCUT2D eigenvalue weighted by Gasteiger charge is 2.61. The Balaban J connectivity index is 1.79. The molecule has 0 aliphatic heterocycles. The van der Waals surface area contributed by atoms with Gasteiger partial charge in [0.2, 0.25) is 0 Å². The summed E-state index contributed by atoms with van der Waals surface area (Å²) in [5.74, 6) is 0.695. The first kappa shape index (κ1) is 12.9. The van der Waals surface area contributed by atoms with E-state index in [4.69, 9.17) is 0 Å². The van der Waals surface area contributed by atoms with E-state index in [-0.39, 0.29) is 5.41 Å². The Morgan fingerprint density at radius 3 is 2.25 bits per heavy atom. The third-order valence-electron chi connectivity index (χ3n) is 5.97. The standard InChI is InChI=1S/C17H19BrO2/c18-14-3-1-13(2-4-14)16-6-11-5-12(7-16)9-17(8-11,10-16)15(19)20/h1-4,11-12H,5-10H2,(H,19,20). The van der Waals surface area contributed by atoms with E-state index in [0.29, 0.717) is 11.8 Å². The van der Waals surface area contributed by atoms with Gasteiger partial charge >= 0.3 is 5.97 Å². The molecule has 1 aromatic rings. The Kier molecular flexibility index (Phi) is 2.64. The molecule has 106 valence electrons. The van der Waals surface area contributed by atoms with Gasteiger partial charge in [0.25, 0.3) is 0 Å². The number of benzene rings is 1. The largest absolute Gasteiger partial charge is 0.481 e. The van der Waals surface area contributed by atoms with Crippen LogP contribution in [0.5, 0.6) is 0 Å². The van der Waals surface area contributed by atoms with Crippen LogP contribution in [-0.4, -0.2) is 11.1 Å². The van der Waals surface area contributed by atoms with Gasteiger partial charge in [0.05, 0.1) is 5.41 Å². The molecule has 0 aromatic heterocycles. The van der Waals surface area contributed by atoms with E-state index in [9.17, 15) is 9.90 Å². The van der Waals surface area contributed by atoms with E-state index in [2.05, 4.69) is 40.2 Å². The quantitative estimate of drug-likeness (QED) is 0.871. The van der Waals surface area contributed by atoms with Crippen LogP contribution in [-0.2, 0) is 10.2 Å². The third kappa shape index (κ3) is 1.71. The molecule has 0 heterocycles. The van der Waals surface area contributed by atoms with Crippen LogP contribution in [0.2, 0.25) is 0 Å². The average molecular weight is 335 g/mol. The van der Waals surface area contributed by atoms with Crippen LogP contribution < -0.4 is 0 Å². The molecule has 0 amide bonds. The number of hydrogen-bond acceptors (Lipinski definition) is 1. The predicted octanol–water partition coefficient (Wildman–Crippen LogP) is 4.37. The second kappa shape index (κ2) is 4.09. The zero-order valence-electron chi connectivity index (χ0n) is 11.4. The molecule has 20 heavy (non-hydrogen) atoms. The summed E-state index contributed by atoms with van der Waals surface area (Å²) >= 11 is 3.50. The maximum atomic E-state index is 11.9. The molecule has 1 N–H and O–H groups in total. The minimum absolute atomic E-state index is 0.128. The number of carboxylic acid groups (broad SMARTS) is 1. The van der Waals surface area contributed by atoms with Crippen molar-refractivity contribution in [2.45, 2.75) is 43.9 Å². The zero-order chi connectivity index (χ0) is 14.0. The Morgan fingerprint density at radius 1 is 1.10 bits per heavy atom. The molecule has 5 rings (SSSR count). The molecule has 4 saturated carbocycles. The van der Waals surface area contributed by atoms with Gasteiger partial charge < -0.3 is 5.11 Å². The van der Waals surface area contributed by atoms with Gasteiger partial charge in [0.15, 0.2) is 0 Å².